The lowest BCUT2D eigenvalue weighted by Crippen LogP contribution is -2.38. The zero-order chi connectivity index (χ0) is 26.6. The van der Waals surface area contributed by atoms with Crippen LogP contribution in [0.4, 0.5) is 5.69 Å². The van der Waals surface area contributed by atoms with Crippen LogP contribution in [-0.2, 0) is 4.79 Å². The molecule has 4 aromatic carbocycles. The minimum absolute atomic E-state index is 0.200. The van der Waals surface area contributed by atoms with Crippen LogP contribution in [0.15, 0.2) is 97.1 Å². The van der Waals surface area contributed by atoms with Gasteiger partial charge in [-0.05, 0) is 71.6 Å². The van der Waals surface area contributed by atoms with E-state index < -0.39 is 5.92 Å². The number of hydrogen-bond acceptors (Lipinski definition) is 4. The Kier molecular flexibility index (Phi) is 7.29. The number of benzene rings is 4. The Bertz CT molecular complexity index is 1540. The van der Waals surface area contributed by atoms with Crippen molar-refractivity contribution in [1.29, 1.82) is 0 Å². The molecule has 0 saturated carbocycles. The number of carbonyl (C=O) groups is 1. The molecule has 5 rings (SSSR count). The highest BCUT2D eigenvalue weighted by molar-refractivity contribution is 7.80. The second-order valence-corrected chi connectivity index (χ2v) is 10.00. The van der Waals surface area contributed by atoms with Gasteiger partial charge in [-0.15, -0.1) is 10.2 Å². The fourth-order valence-electron chi connectivity index (χ4n) is 4.43. The largest absolute Gasteiger partial charge is 0.332 e. The molecule has 0 unspecified atom stereocenters. The Morgan fingerprint density at radius 3 is 1.89 bits per heavy atom. The number of hydrogen-bond donors (Lipinski definition) is 2. The van der Waals surface area contributed by atoms with Gasteiger partial charge >= 0.3 is 0 Å². The molecule has 1 heterocycles. The van der Waals surface area contributed by atoms with Crippen LogP contribution in [0.5, 0.6) is 0 Å². The number of aromatic nitrogens is 3. The lowest BCUT2D eigenvalue weighted by Gasteiger charge is -2.19. The van der Waals surface area contributed by atoms with E-state index in [1.54, 1.807) is 4.80 Å². The Morgan fingerprint density at radius 2 is 1.34 bits per heavy atom. The molecule has 6 nitrogen and oxygen atoms in total. The predicted molar refractivity (Wildman–Crippen MR) is 157 cm³/mol. The SMILES string of the molecule is Cc1cc2nn(-c3ccc(C(C)C)cc3)nc2cc1NC(=S)NC(=O)C(c1ccccc1)c1ccccc1. The number of thiocarbonyl (C=S) groups is 1. The minimum Gasteiger partial charge on any atom is -0.332 e. The van der Waals surface area contributed by atoms with E-state index in [2.05, 4.69) is 46.8 Å². The summed E-state index contributed by atoms with van der Waals surface area (Å²) in [5.74, 6) is -0.220. The molecule has 190 valence electrons. The summed E-state index contributed by atoms with van der Waals surface area (Å²) in [5, 5.41) is 15.6. The maximum atomic E-state index is 13.4. The van der Waals surface area contributed by atoms with Crippen LogP contribution < -0.4 is 10.6 Å². The van der Waals surface area contributed by atoms with Crippen LogP contribution in [0.1, 0.15) is 47.9 Å². The van der Waals surface area contributed by atoms with Crippen LogP contribution in [0, 0.1) is 6.92 Å². The molecule has 0 aliphatic carbocycles. The lowest BCUT2D eigenvalue weighted by atomic mass is 9.90. The van der Waals surface area contributed by atoms with Crippen molar-refractivity contribution in [1.82, 2.24) is 20.3 Å². The van der Waals surface area contributed by atoms with Crippen LogP contribution in [-0.4, -0.2) is 26.0 Å². The van der Waals surface area contributed by atoms with Gasteiger partial charge in [-0.2, -0.15) is 4.80 Å². The fourth-order valence-corrected chi connectivity index (χ4v) is 4.64. The van der Waals surface area contributed by atoms with Gasteiger partial charge in [-0.25, -0.2) is 0 Å². The van der Waals surface area contributed by atoms with Gasteiger partial charge in [0.1, 0.15) is 11.0 Å². The van der Waals surface area contributed by atoms with Gasteiger partial charge in [0.25, 0.3) is 0 Å². The lowest BCUT2D eigenvalue weighted by molar-refractivity contribution is -0.120. The number of aryl methyl sites for hydroxylation is 1. The van der Waals surface area contributed by atoms with Crippen molar-refractivity contribution in [3.63, 3.8) is 0 Å². The van der Waals surface area contributed by atoms with E-state index in [0.29, 0.717) is 5.92 Å². The van der Waals surface area contributed by atoms with Crippen molar-refractivity contribution in [2.24, 2.45) is 0 Å². The first-order valence-electron chi connectivity index (χ1n) is 12.6. The van der Waals surface area contributed by atoms with Gasteiger partial charge in [0, 0.05) is 5.69 Å². The van der Waals surface area contributed by atoms with E-state index in [9.17, 15) is 4.79 Å². The van der Waals surface area contributed by atoms with E-state index >= 15 is 0 Å². The van der Waals surface area contributed by atoms with Gasteiger partial charge in [-0.1, -0.05) is 86.6 Å². The van der Waals surface area contributed by atoms with Crippen LogP contribution >= 0.6 is 12.2 Å². The summed E-state index contributed by atoms with van der Waals surface area (Å²) in [5.41, 5.74) is 7.18. The molecule has 2 N–H and O–H groups in total. The number of fused-ring (bicyclic) bond motifs is 1. The summed E-state index contributed by atoms with van der Waals surface area (Å²) < 4.78 is 0. The van der Waals surface area contributed by atoms with Crippen molar-refractivity contribution in [3.8, 4) is 5.69 Å². The summed E-state index contributed by atoms with van der Waals surface area (Å²) in [4.78, 5) is 15.0. The average molecular weight is 520 g/mol. The molecule has 0 aliphatic heterocycles. The van der Waals surface area contributed by atoms with Gasteiger partial charge in [-0.3, -0.25) is 4.79 Å². The standard InChI is InChI=1S/C31H29N5OS/c1-20(2)22-14-16-25(17-15-22)36-34-27-18-21(3)26(19-28(27)35-36)32-31(38)33-30(37)29(23-10-6-4-7-11-23)24-12-8-5-9-13-24/h4-20,29H,1-3H3,(H2,32,33,37,38). The quantitative estimate of drug-likeness (QED) is 0.251. The molecule has 0 spiro atoms. The van der Waals surface area contributed by atoms with E-state index in [1.807, 2.05) is 91.9 Å². The minimum atomic E-state index is -0.484. The van der Waals surface area contributed by atoms with E-state index in [4.69, 9.17) is 12.2 Å². The molecule has 1 aromatic heterocycles. The van der Waals surface area contributed by atoms with Crippen molar-refractivity contribution in [3.05, 3.63) is 119 Å². The smallest absolute Gasteiger partial charge is 0.238 e. The first kappa shape index (κ1) is 25.3. The number of anilines is 1. The molecule has 38 heavy (non-hydrogen) atoms. The van der Waals surface area contributed by atoms with Crippen LogP contribution in [0.3, 0.4) is 0 Å². The second kappa shape index (κ2) is 10.9. The Morgan fingerprint density at radius 1 is 0.789 bits per heavy atom. The van der Waals surface area contributed by atoms with E-state index in [1.165, 1.54) is 5.56 Å². The van der Waals surface area contributed by atoms with Crippen LogP contribution in [0.25, 0.3) is 16.7 Å². The highest BCUT2D eigenvalue weighted by atomic mass is 32.1. The van der Waals surface area contributed by atoms with Gasteiger partial charge < -0.3 is 10.6 Å². The topological polar surface area (TPSA) is 71.8 Å². The normalized spacial score (nSPS) is 11.2. The zero-order valence-electron chi connectivity index (χ0n) is 21.6. The number of nitrogens with one attached hydrogen (secondary N) is 2. The molecule has 0 atom stereocenters. The molecule has 1 amide bonds. The molecule has 7 heteroatoms. The fraction of sp³-hybridized carbons (Fsp3) is 0.161. The Balaban J connectivity index is 1.35. The van der Waals surface area contributed by atoms with Crippen molar-refractivity contribution >= 4 is 40.0 Å². The number of rotatable bonds is 6. The Labute approximate surface area is 227 Å². The summed E-state index contributed by atoms with van der Waals surface area (Å²) in [6.45, 7) is 6.31. The maximum absolute atomic E-state index is 13.4. The first-order valence-corrected chi connectivity index (χ1v) is 13.0. The molecule has 0 fully saturated rings. The molecule has 0 saturated heterocycles. The average Bonchev–Trinajstić information content (AvgIpc) is 3.33. The van der Waals surface area contributed by atoms with Crippen LogP contribution in [0.2, 0.25) is 0 Å². The maximum Gasteiger partial charge on any atom is 0.238 e. The highest BCUT2D eigenvalue weighted by Crippen LogP contribution is 2.26. The summed E-state index contributed by atoms with van der Waals surface area (Å²) >= 11 is 5.54. The van der Waals surface area contributed by atoms with Gasteiger partial charge in [0.05, 0.1) is 11.6 Å². The third kappa shape index (κ3) is 5.48. The second-order valence-electron chi connectivity index (χ2n) is 9.59. The summed E-state index contributed by atoms with van der Waals surface area (Å²) in [7, 11) is 0. The molecule has 0 aliphatic rings. The zero-order valence-corrected chi connectivity index (χ0v) is 22.4. The van der Waals surface area contributed by atoms with Gasteiger partial charge in [0.15, 0.2) is 5.11 Å². The van der Waals surface area contributed by atoms with E-state index in [-0.39, 0.29) is 11.0 Å². The first-order chi connectivity index (χ1) is 18.4. The van der Waals surface area contributed by atoms with Crippen molar-refractivity contribution < 1.29 is 4.79 Å². The Hall–Kier alpha value is -4.36. The molecule has 0 bridgehead atoms. The highest BCUT2D eigenvalue weighted by Gasteiger charge is 2.23. The van der Waals surface area contributed by atoms with E-state index in [0.717, 1.165) is 39.1 Å². The molecule has 5 aromatic rings. The number of carbonyl (C=O) groups excluding carboxylic acids is 1. The molecular formula is C31H29N5OS. The van der Waals surface area contributed by atoms with Gasteiger partial charge in [0.2, 0.25) is 5.91 Å². The third-order valence-electron chi connectivity index (χ3n) is 6.53. The summed E-state index contributed by atoms with van der Waals surface area (Å²) in [6, 6.07) is 31.5. The van der Waals surface area contributed by atoms with Crippen molar-refractivity contribution in [2.75, 3.05) is 5.32 Å². The summed E-state index contributed by atoms with van der Waals surface area (Å²) in [6.07, 6.45) is 0. The number of amides is 1. The monoisotopic (exact) mass is 519 g/mol. The predicted octanol–water partition coefficient (Wildman–Crippen LogP) is 6.50. The molecular weight excluding hydrogens is 490 g/mol. The molecule has 0 radical (unpaired) electrons. The van der Waals surface area contributed by atoms with Crippen molar-refractivity contribution in [2.45, 2.75) is 32.6 Å². The number of nitrogens with zero attached hydrogens (tertiary/aromatic N) is 3. The third-order valence-corrected chi connectivity index (χ3v) is 6.73.